The first-order valence-corrected chi connectivity index (χ1v) is 7.83. The van der Waals surface area contributed by atoms with Gasteiger partial charge < -0.3 is 5.32 Å². The van der Waals surface area contributed by atoms with E-state index in [-0.39, 0.29) is 0 Å². The zero-order chi connectivity index (χ0) is 11.7. The van der Waals surface area contributed by atoms with Crippen LogP contribution in [0.1, 0.15) is 57.8 Å². The second-order valence-electron chi connectivity index (χ2n) is 6.39. The summed E-state index contributed by atoms with van der Waals surface area (Å²) in [6, 6.07) is 2.57. The smallest absolute Gasteiger partial charge is 0.0252 e. The minimum atomic E-state index is 0.775. The monoisotopic (exact) mass is 236 g/mol. The fourth-order valence-corrected chi connectivity index (χ4v) is 4.75. The van der Waals surface area contributed by atoms with Crippen molar-refractivity contribution in [2.75, 3.05) is 13.6 Å². The van der Waals surface area contributed by atoms with Crippen LogP contribution in [0.25, 0.3) is 0 Å². The minimum absolute atomic E-state index is 0.775. The second-order valence-corrected chi connectivity index (χ2v) is 6.39. The molecule has 0 amide bonds. The van der Waals surface area contributed by atoms with Gasteiger partial charge in [-0.3, -0.25) is 4.90 Å². The van der Waals surface area contributed by atoms with Crippen molar-refractivity contribution in [3.8, 4) is 0 Å². The topological polar surface area (TPSA) is 15.3 Å². The first-order valence-electron chi connectivity index (χ1n) is 7.83. The van der Waals surface area contributed by atoms with Crippen LogP contribution in [-0.4, -0.2) is 36.6 Å². The number of nitrogens with zero attached hydrogens (tertiary/aromatic N) is 1. The highest BCUT2D eigenvalue weighted by molar-refractivity contribution is 4.97. The SMILES string of the molecule is CNC1CCCC1N1CCCC1C1CCCC1. The van der Waals surface area contributed by atoms with Crippen molar-refractivity contribution >= 4 is 0 Å². The lowest BCUT2D eigenvalue weighted by Gasteiger charge is -2.37. The summed E-state index contributed by atoms with van der Waals surface area (Å²) in [6.45, 7) is 1.38. The molecule has 1 heterocycles. The molecule has 0 spiro atoms. The molecular weight excluding hydrogens is 208 g/mol. The summed E-state index contributed by atoms with van der Waals surface area (Å²) in [7, 11) is 2.16. The standard InChI is InChI=1S/C15H28N2/c1-16-13-8-4-9-15(13)17-11-5-10-14(17)12-6-2-3-7-12/h12-16H,2-11H2,1H3. The van der Waals surface area contributed by atoms with Crippen LogP contribution in [0, 0.1) is 5.92 Å². The quantitative estimate of drug-likeness (QED) is 0.810. The molecule has 17 heavy (non-hydrogen) atoms. The number of likely N-dealkylation sites (tertiary alicyclic amines) is 1. The summed E-state index contributed by atoms with van der Waals surface area (Å²) in [4.78, 5) is 2.91. The Morgan fingerprint density at radius 2 is 1.59 bits per heavy atom. The number of nitrogens with one attached hydrogen (secondary N) is 1. The Kier molecular flexibility index (Phi) is 3.72. The van der Waals surface area contributed by atoms with Gasteiger partial charge in [-0.2, -0.15) is 0 Å². The third-order valence-corrected chi connectivity index (χ3v) is 5.56. The Morgan fingerprint density at radius 1 is 0.824 bits per heavy atom. The average molecular weight is 236 g/mol. The van der Waals surface area contributed by atoms with Gasteiger partial charge in [0.15, 0.2) is 0 Å². The highest BCUT2D eigenvalue weighted by atomic mass is 15.2. The fourth-order valence-electron chi connectivity index (χ4n) is 4.75. The van der Waals surface area contributed by atoms with E-state index < -0.39 is 0 Å². The van der Waals surface area contributed by atoms with E-state index >= 15 is 0 Å². The molecule has 2 aliphatic carbocycles. The van der Waals surface area contributed by atoms with Crippen molar-refractivity contribution in [3.63, 3.8) is 0 Å². The Morgan fingerprint density at radius 3 is 2.35 bits per heavy atom. The first-order chi connectivity index (χ1) is 8.40. The molecule has 3 aliphatic rings. The zero-order valence-corrected chi connectivity index (χ0v) is 11.3. The van der Waals surface area contributed by atoms with Crippen LogP contribution in [0.5, 0.6) is 0 Å². The molecule has 3 atom stereocenters. The predicted molar refractivity (Wildman–Crippen MR) is 72.2 cm³/mol. The van der Waals surface area contributed by atoms with Crippen LogP contribution in [0.2, 0.25) is 0 Å². The van der Waals surface area contributed by atoms with Gasteiger partial charge in [0.25, 0.3) is 0 Å². The maximum Gasteiger partial charge on any atom is 0.0252 e. The lowest BCUT2D eigenvalue weighted by Crippen LogP contribution is -2.49. The molecule has 1 aliphatic heterocycles. The summed E-state index contributed by atoms with van der Waals surface area (Å²) in [5, 5.41) is 3.56. The van der Waals surface area contributed by atoms with Crippen molar-refractivity contribution in [1.29, 1.82) is 0 Å². The molecule has 2 heteroatoms. The summed E-state index contributed by atoms with van der Waals surface area (Å²) in [6.07, 6.45) is 13.2. The summed E-state index contributed by atoms with van der Waals surface area (Å²) < 4.78 is 0. The van der Waals surface area contributed by atoms with E-state index in [0.717, 1.165) is 24.0 Å². The van der Waals surface area contributed by atoms with E-state index in [1.807, 2.05) is 0 Å². The van der Waals surface area contributed by atoms with Crippen molar-refractivity contribution < 1.29 is 0 Å². The molecule has 2 nitrogen and oxygen atoms in total. The second kappa shape index (κ2) is 5.27. The maximum atomic E-state index is 3.56. The molecule has 0 aromatic heterocycles. The van der Waals surface area contributed by atoms with Gasteiger partial charge in [-0.05, 0) is 58.0 Å². The van der Waals surface area contributed by atoms with Crippen LogP contribution in [0.4, 0.5) is 0 Å². The van der Waals surface area contributed by atoms with Gasteiger partial charge in [-0.1, -0.05) is 19.3 Å². The Labute approximate surface area is 106 Å². The first kappa shape index (κ1) is 12.0. The van der Waals surface area contributed by atoms with Crippen LogP contribution in [0.15, 0.2) is 0 Å². The molecule has 0 radical (unpaired) electrons. The summed E-state index contributed by atoms with van der Waals surface area (Å²) >= 11 is 0. The minimum Gasteiger partial charge on any atom is -0.315 e. The van der Waals surface area contributed by atoms with Gasteiger partial charge >= 0.3 is 0 Å². The Balaban J connectivity index is 1.68. The molecule has 1 N–H and O–H groups in total. The third-order valence-electron chi connectivity index (χ3n) is 5.56. The van der Waals surface area contributed by atoms with Gasteiger partial charge in [0.2, 0.25) is 0 Å². The number of rotatable bonds is 3. The highest BCUT2D eigenvalue weighted by Gasteiger charge is 2.40. The van der Waals surface area contributed by atoms with Crippen LogP contribution < -0.4 is 5.32 Å². The average Bonchev–Trinajstić information content (AvgIpc) is 3.09. The maximum absolute atomic E-state index is 3.56. The molecule has 1 saturated heterocycles. The third kappa shape index (κ3) is 2.26. The van der Waals surface area contributed by atoms with E-state index in [4.69, 9.17) is 0 Å². The Bertz CT molecular complexity index is 247. The van der Waals surface area contributed by atoms with E-state index in [2.05, 4.69) is 17.3 Å². The van der Waals surface area contributed by atoms with Crippen LogP contribution >= 0.6 is 0 Å². The Hall–Kier alpha value is -0.0800. The molecule has 3 rings (SSSR count). The van der Waals surface area contributed by atoms with E-state index in [0.29, 0.717) is 0 Å². The van der Waals surface area contributed by atoms with Crippen LogP contribution in [-0.2, 0) is 0 Å². The summed E-state index contributed by atoms with van der Waals surface area (Å²) in [5.74, 6) is 1.04. The molecule has 0 aromatic rings. The highest BCUT2D eigenvalue weighted by Crippen LogP contribution is 2.39. The van der Waals surface area contributed by atoms with E-state index in [1.54, 1.807) is 0 Å². The molecule has 2 saturated carbocycles. The number of hydrogen-bond donors (Lipinski definition) is 1. The van der Waals surface area contributed by atoms with E-state index in [9.17, 15) is 0 Å². The van der Waals surface area contributed by atoms with Crippen molar-refractivity contribution in [2.45, 2.75) is 75.9 Å². The number of likely N-dealkylation sites (N-methyl/N-ethyl adjacent to an activating group) is 1. The molecule has 3 unspecified atom stereocenters. The lowest BCUT2D eigenvalue weighted by atomic mass is 9.94. The zero-order valence-electron chi connectivity index (χ0n) is 11.3. The van der Waals surface area contributed by atoms with Crippen molar-refractivity contribution in [2.24, 2.45) is 5.92 Å². The molecular formula is C15H28N2. The fraction of sp³-hybridized carbons (Fsp3) is 1.00. The van der Waals surface area contributed by atoms with Gasteiger partial charge in [0.1, 0.15) is 0 Å². The van der Waals surface area contributed by atoms with Crippen molar-refractivity contribution in [1.82, 2.24) is 10.2 Å². The number of hydrogen-bond acceptors (Lipinski definition) is 2. The van der Waals surface area contributed by atoms with Gasteiger partial charge in [-0.15, -0.1) is 0 Å². The largest absolute Gasteiger partial charge is 0.315 e. The molecule has 3 fully saturated rings. The van der Waals surface area contributed by atoms with E-state index in [1.165, 1.54) is 64.3 Å². The van der Waals surface area contributed by atoms with Gasteiger partial charge in [0, 0.05) is 18.1 Å². The molecule has 98 valence electrons. The molecule has 0 aromatic carbocycles. The van der Waals surface area contributed by atoms with Crippen LogP contribution in [0.3, 0.4) is 0 Å². The predicted octanol–water partition coefficient (Wildman–Crippen LogP) is 2.78. The van der Waals surface area contributed by atoms with Crippen molar-refractivity contribution in [3.05, 3.63) is 0 Å². The van der Waals surface area contributed by atoms with Gasteiger partial charge in [0.05, 0.1) is 0 Å². The molecule has 0 bridgehead atoms. The summed E-state index contributed by atoms with van der Waals surface area (Å²) in [5.41, 5.74) is 0. The van der Waals surface area contributed by atoms with Gasteiger partial charge in [-0.25, -0.2) is 0 Å². The normalized spacial score (nSPS) is 40.4. The lowest BCUT2D eigenvalue weighted by molar-refractivity contribution is 0.121.